The minimum atomic E-state index is -4.66. The molecule has 0 unspecified atom stereocenters. The van der Waals surface area contributed by atoms with Crippen molar-refractivity contribution < 1.29 is 39.2 Å². The highest BCUT2D eigenvalue weighted by Gasteiger charge is 2.31. The lowest BCUT2D eigenvalue weighted by Crippen LogP contribution is -2.38. The molecule has 0 saturated carbocycles. The summed E-state index contributed by atoms with van der Waals surface area (Å²) in [6, 6.07) is 20.3. The lowest BCUT2D eigenvalue weighted by molar-refractivity contribution is -0.137. The SMILES string of the molecule is O=C(CN(c1ccccc1)S(=O)(=O)c1ccc(F)cc1)Nc1ccc(S(=O)(=O)Nc2cccc(C(F)(F)F)c2)cc1. The number of carbonyl (C=O) groups excluding carboxylic acids is 1. The highest BCUT2D eigenvalue weighted by molar-refractivity contribution is 7.93. The fraction of sp³-hybridized carbons (Fsp3) is 0.0741. The van der Waals surface area contributed by atoms with Crippen molar-refractivity contribution in [3.8, 4) is 0 Å². The molecule has 0 aromatic heterocycles. The third-order valence-corrected chi connectivity index (χ3v) is 8.81. The van der Waals surface area contributed by atoms with Gasteiger partial charge in [-0.2, -0.15) is 13.2 Å². The van der Waals surface area contributed by atoms with Crippen LogP contribution in [0.3, 0.4) is 0 Å². The van der Waals surface area contributed by atoms with Gasteiger partial charge in [0, 0.05) is 11.4 Å². The predicted molar refractivity (Wildman–Crippen MR) is 145 cm³/mol. The van der Waals surface area contributed by atoms with E-state index in [1.807, 2.05) is 0 Å². The first-order valence-electron chi connectivity index (χ1n) is 11.7. The van der Waals surface area contributed by atoms with Gasteiger partial charge >= 0.3 is 6.18 Å². The van der Waals surface area contributed by atoms with Crippen LogP contribution in [0, 0.1) is 5.82 Å². The van der Waals surface area contributed by atoms with E-state index in [0.29, 0.717) is 6.07 Å². The van der Waals surface area contributed by atoms with Crippen LogP contribution in [0.1, 0.15) is 5.56 Å². The van der Waals surface area contributed by atoms with Gasteiger partial charge in [-0.3, -0.25) is 13.8 Å². The highest BCUT2D eigenvalue weighted by Crippen LogP contribution is 2.31. The molecule has 0 aliphatic heterocycles. The van der Waals surface area contributed by atoms with Crippen molar-refractivity contribution in [2.75, 3.05) is 20.9 Å². The Morgan fingerprint density at radius 3 is 1.95 bits per heavy atom. The number of amides is 1. The Hall–Kier alpha value is -4.43. The van der Waals surface area contributed by atoms with E-state index in [-0.39, 0.29) is 26.9 Å². The van der Waals surface area contributed by atoms with Gasteiger partial charge in [0.05, 0.1) is 21.0 Å². The molecule has 2 N–H and O–H groups in total. The van der Waals surface area contributed by atoms with Crippen molar-refractivity contribution in [1.82, 2.24) is 0 Å². The van der Waals surface area contributed by atoms with E-state index in [9.17, 15) is 39.2 Å². The van der Waals surface area contributed by atoms with Crippen LogP contribution in [-0.2, 0) is 31.0 Å². The number of hydrogen-bond acceptors (Lipinski definition) is 5. The normalized spacial score (nSPS) is 12.0. The van der Waals surface area contributed by atoms with Crippen molar-refractivity contribution >= 4 is 43.0 Å². The van der Waals surface area contributed by atoms with E-state index in [4.69, 9.17) is 0 Å². The summed E-state index contributed by atoms with van der Waals surface area (Å²) in [5, 5.41) is 2.48. The number of anilines is 3. The molecule has 4 aromatic rings. The maximum Gasteiger partial charge on any atom is 0.416 e. The standard InChI is InChI=1S/C27H21F4N3O5S2/c28-20-9-13-25(14-10-20)41(38,39)34(23-7-2-1-3-8-23)18-26(35)32-21-11-15-24(16-12-21)40(36,37)33-22-6-4-5-19(17-22)27(29,30)31/h1-17,33H,18H2,(H,32,35). The van der Waals surface area contributed by atoms with Crippen LogP contribution in [0.5, 0.6) is 0 Å². The number of nitrogens with zero attached hydrogens (tertiary/aromatic N) is 1. The van der Waals surface area contributed by atoms with Crippen LogP contribution in [-0.4, -0.2) is 29.3 Å². The minimum absolute atomic E-state index is 0.125. The van der Waals surface area contributed by atoms with Crippen molar-refractivity contribution in [1.29, 1.82) is 0 Å². The first-order chi connectivity index (χ1) is 19.3. The van der Waals surface area contributed by atoms with Crippen LogP contribution < -0.4 is 14.3 Å². The van der Waals surface area contributed by atoms with E-state index in [2.05, 4.69) is 10.0 Å². The van der Waals surface area contributed by atoms with Crippen LogP contribution in [0.2, 0.25) is 0 Å². The molecule has 0 radical (unpaired) electrons. The molecular weight excluding hydrogens is 586 g/mol. The Kier molecular flexibility index (Phi) is 8.35. The molecule has 41 heavy (non-hydrogen) atoms. The van der Waals surface area contributed by atoms with Crippen LogP contribution in [0.4, 0.5) is 34.6 Å². The van der Waals surface area contributed by atoms with Gasteiger partial charge in [-0.25, -0.2) is 21.2 Å². The molecule has 1 amide bonds. The number of nitrogens with one attached hydrogen (secondary N) is 2. The van der Waals surface area contributed by atoms with Crippen LogP contribution in [0.25, 0.3) is 0 Å². The molecule has 0 spiro atoms. The van der Waals surface area contributed by atoms with Crippen molar-refractivity contribution in [2.45, 2.75) is 16.0 Å². The summed E-state index contributed by atoms with van der Waals surface area (Å²) in [7, 11) is -8.55. The number of sulfonamides is 2. The summed E-state index contributed by atoms with van der Waals surface area (Å²) in [6.45, 7) is -0.666. The molecule has 0 bridgehead atoms. The number of rotatable bonds is 9. The average molecular weight is 608 g/mol. The first-order valence-corrected chi connectivity index (χ1v) is 14.6. The van der Waals surface area contributed by atoms with Gasteiger partial charge in [0.25, 0.3) is 20.0 Å². The summed E-state index contributed by atoms with van der Waals surface area (Å²) in [4.78, 5) is 12.3. The van der Waals surface area contributed by atoms with E-state index >= 15 is 0 Å². The second-order valence-corrected chi connectivity index (χ2v) is 12.1. The smallest absolute Gasteiger partial charge is 0.325 e. The summed E-state index contributed by atoms with van der Waals surface area (Å²) in [5.74, 6) is -1.40. The highest BCUT2D eigenvalue weighted by atomic mass is 32.2. The van der Waals surface area contributed by atoms with Crippen molar-refractivity contribution in [3.63, 3.8) is 0 Å². The average Bonchev–Trinajstić information content (AvgIpc) is 2.92. The number of halogens is 4. The van der Waals surface area contributed by atoms with Crippen molar-refractivity contribution in [2.24, 2.45) is 0 Å². The van der Waals surface area contributed by atoms with E-state index in [1.54, 1.807) is 18.2 Å². The van der Waals surface area contributed by atoms with Crippen LogP contribution in [0.15, 0.2) is 113 Å². The Morgan fingerprint density at radius 1 is 0.732 bits per heavy atom. The molecule has 4 aromatic carbocycles. The fourth-order valence-corrected chi connectivity index (χ4v) is 6.14. The summed E-state index contributed by atoms with van der Waals surface area (Å²) < 4.78 is 107. The summed E-state index contributed by atoms with van der Waals surface area (Å²) >= 11 is 0. The minimum Gasteiger partial charge on any atom is -0.325 e. The first kappa shape index (κ1) is 29.6. The topological polar surface area (TPSA) is 113 Å². The Morgan fingerprint density at radius 2 is 1.34 bits per heavy atom. The third kappa shape index (κ3) is 7.21. The fourth-order valence-electron chi connectivity index (χ4n) is 3.66. The zero-order chi connectivity index (χ0) is 29.8. The maximum absolute atomic E-state index is 13.4. The van der Waals surface area contributed by atoms with Crippen LogP contribution >= 0.6 is 0 Å². The number of alkyl halides is 3. The molecule has 0 saturated heterocycles. The van der Waals surface area contributed by atoms with Gasteiger partial charge in [-0.15, -0.1) is 0 Å². The van der Waals surface area contributed by atoms with Crippen molar-refractivity contribution in [3.05, 3.63) is 115 Å². The van der Waals surface area contributed by atoms with Gasteiger partial charge in [-0.1, -0.05) is 24.3 Å². The molecule has 14 heteroatoms. The second kappa shape index (κ2) is 11.6. The third-order valence-electron chi connectivity index (χ3n) is 5.62. The van der Waals surface area contributed by atoms with Gasteiger partial charge in [0.2, 0.25) is 5.91 Å². The van der Waals surface area contributed by atoms with Gasteiger partial charge in [-0.05, 0) is 78.9 Å². The molecular formula is C27H21F4N3O5S2. The van der Waals surface area contributed by atoms with E-state index in [1.165, 1.54) is 30.3 Å². The zero-order valence-corrected chi connectivity index (χ0v) is 22.5. The Bertz CT molecular complexity index is 1750. The molecule has 4 rings (SSSR count). The number of para-hydroxylation sites is 1. The summed E-state index contributed by atoms with van der Waals surface area (Å²) in [6.07, 6.45) is -4.66. The molecule has 0 fully saturated rings. The molecule has 0 aliphatic carbocycles. The second-order valence-electron chi connectivity index (χ2n) is 8.56. The summed E-state index contributed by atoms with van der Waals surface area (Å²) in [5.41, 5.74) is -1.02. The molecule has 0 atom stereocenters. The van der Waals surface area contributed by atoms with Gasteiger partial charge in [0.1, 0.15) is 12.4 Å². The zero-order valence-electron chi connectivity index (χ0n) is 20.8. The monoisotopic (exact) mass is 607 g/mol. The Labute approximate surface area is 233 Å². The van der Waals surface area contributed by atoms with Gasteiger partial charge < -0.3 is 5.32 Å². The lowest BCUT2D eigenvalue weighted by Gasteiger charge is -2.24. The molecule has 8 nitrogen and oxygen atoms in total. The van der Waals surface area contributed by atoms with Gasteiger partial charge in [0.15, 0.2) is 0 Å². The molecule has 214 valence electrons. The number of carbonyl (C=O) groups is 1. The maximum atomic E-state index is 13.4. The largest absolute Gasteiger partial charge is 0.416 e. The Balaban J connectivity index is 1.50. The predicted octanol–water partition coefficient (Wildman–Crippen LogP) is 5.48. The quantitative estimate of drug-likeness (QED) is 0.245. The lowest BCUT2D eigenvalue weighted by atomic mass is 10.2. The molecule has 0 aliphatic rings. The van der Waals surface area contributed by atoms with E-state index in [0.717, 1.165) is 52.8 Å². The van der Waals surface area contributed by atoms with E-state index < -0.39 is 50.1 Å². The molecule has 0 heterocycles. The number of benzene rings is 4. The number of hydrogen-bond donors (Lipinski definition) is 2.